The molecule has 1 aromatic heterocycles. The number of carbonyl (C=O) groups is 1. The summed E-state index contributed by atoms with van der Waals surface area (Å²) < 4.78 is 28.3. The molecule has 4 aromatic rings. The third kappa shape index (κ3) is 5.72. The van der Waals surface area contributed by atoms with Gasteiger partial charge in [0.05, 0.1) is 19.3 Å². The van der Waals surface area contributed by atoms with Gasteiger partial charge in [-0.1, -0.05) is 41.6 Å². The second-order valence-corrected chi connectivity index (χ2v) is 7.22. The highest BCUT2D eigenvalue weighted by atomic mass is 19.1. The van der Waals surface area contributed by atoms with Crippen LogP contribution in [0.25, 0.3) is 6.08 Å². The van der Waals surface area contributed by atoms with Crippen molar-refractivity contribution in [3.8, 4) is 0 Å². The van der Waals surface area contributed by atoms with Crippen molar-refractivity contribution >= 4 is 17.5 Å². The Labute approximate surface area is 184 Å². The van der Waals surface area contributed by atoms with Crippen molar-refractivity contribution in [3.05, 3.63) is 119 Å². The number of ketones is 1. The Balaban J connectivity index is 1.32. The predicted molar refractivity (Wildman–Crippen MR) is 119 cm³/mol. The van der Waals surface area contributed by atoms with Crippen LogP contribution < -0.4 is 5.32 Å². The zero-order valence-corrected chi connectivity index (χ0v) is 17.1. The smallest absolute Gasteiger partial charge is 0.185 e. The quantitative estimate of drug-likeness (QED) is 0.312. The fourth-order valence-corrected chi connectivity index (χ4v) is 3.15. The van der Waals surface area contributed by atoms with Crippen LogP contribution >= 0.6 is 0 Å². The second-order valence-electron chi connectivity index (χ2n) is 7.22. The van der Waals surface area contributed by atoms with Crippen molar-refractivity contribution in [1.29, 1.82) is 0 Å². The Hall–Kier alpha value is -4.13. The minimum atomic E-state index is -0.687. The van der Waals surface area contributed by atoms with Crippen LogP contribution in [0.1, 0.15) is 27.2 Å². The molecule has 0 aliphatic rings. The number of rotatable bonds is 8. The first-order valence-corrected chi connectivity index (χ1v) is 10.0. The number of anilines is 1. The number of hydrogen-bond acceptors (Lipinski definition) is 4. The molecule has 0 saturated heterocycles. The molecule has 0 spiro atoms. The van der Waals surface area contributed by atoms with Crippen LogP contribution in [-0.2, 0) is 13.1 Å². The molecule has 0 bridgehead atoms. The van der Waals surface area contributed by atoms with E-state index in [2.05, 4.69) is 15.6 Å². The molecule has 5 nitrogen and oxygen atoms in total. The summed E-state index contributed by atoms with van der Waals surface area (Å²) in [5.74, 6) is -1.63. The molecule has 1 heterocycles. The fraction of sp³-hybridized carbons (Fsp3) is 0.0800. The van der Waals surface area contributed by atoms with E-state index in [0.29, 0.717) is 18.7 Å². The number of nitrogens with zero attached hydrogens (tertiary/aromatic N) is 3. The van der Waals surface area contributed by atoms with Gasteiger partial charge in [0.25, 0.3) is 0 Å². The molecule has 0 aliphatic heterocycles. The Morgan fingerprint density at radius 1 is 0.969 bits per heavy atom. The second kappa shape index (κ2) is 9.78. The standard InChI is InChI=1S/C25H20F2N4O/c26-21-12-19(13-22(27)14-21)6-11-25(32)20-7-9-23(10-8-20)28-15-24-17-31(30-29-24)16-18-4-2-1-3-5-18/h1-14,17,28H,15-16H2/b11-6+. The SMILES string of the molecule is O=C(/C=C/c1cc(F)cc(F)c1)c1ccc(NCc2cn(Cc3ccccc3)nn2)cc1. The Morgan fingerprint density at radius 2 is 1.69 bits per heavy atom. The summed E-state index contributed by atoms with van der Waals surface area (Å²) >= 11 is 0. The van der Waals surface area contributed by atoms with Gasteiger partial charge >= 0.3 is 0 Å². The van der Waals surface area contributed by atoms with Crippen molar-refractivity contribution in [1.82, 2.24) is 15.0 Å². The molecule has 0 amide bonds. The average Bonchev–Trinajstić information content (AvgIpc) is 3.24. The third-order valence-electron chi connectivity index (χ3n) is 4.73. The lowest BCUT2D eigenvalue weighted by Gasteiger charge is -2.05. The molecule has 7 heteroatoms. The summed E-state index contributed by atoms with van der Waals surface area (Å²) in [6.07, 6.45) is 4.57. The Morgan fingerprint density at radius 3 is 2.41 bits per heavy atom. The first-order valence-electron chi connectivity index (χ1n) is 10.0. The van der Waals surface area contributed by atoms with E-state index in [1.165, 1.54) is 12.2 Å². The summed E-state index contributed by atoms with van der Waals surface area (Å²) in [5.41, 5.74) is 3.53. The first kappa shape index (κ1) is 21.1. The number of allylic oxidation sites excluding steroid dienone is 1. The molecule has 160 valence electrons. The van der Waals surface area contributed by atoms with Gasteiger partial charge in [0.1, 0.15) is 17.3 Å². The zero-order chi connectivity index (χ0) is 22.3. The lowest BCUT2D eigenvalue weighted by atomic mass is 10.1. The lowest BCUT2D eigenvalue weighted by molar-refractivity contribution is 0.104. The number of hydrogen-bond donors (Lipinski definition) is 1. The van der Waals surface area contributed by atoms with Crippen molar-refractivity contribution in [2.24, 2.45) is 0 Å². The topological polar surface area (TPSA) is 59.8 Å². The van der Waals surface area contributed by atoms with Crippen LogP contribution in [0.2, 0.25) is 0 Å². The summed E-state index contributed by atoms with van der Waals surface area (Å²) in [6.45, 7) is 1.15. The van der Waals surface area contributed by atoms with Crippen molar-refractivity contribution in [2.45, 2.75) is 13.1 Å². The Kier molecular flexibility index (Phi) is 6.46. The lowest BCUT2D eigenvalue weighted by Crippen LogP contribution is -2.01. The van der Waals surface area contributed by atoms with E-state index in [1.807, 2.05) is 36.5 Å². The van der Waals surface area contributed by atoms with E-state index < -0.39 is 11.6 Å². The van der Waals surface area contributed by atoms with Gasteiger partial charge in [-0.15, -0.1) is 5.10 Å². The van der Waals surface area contributed by atoms with E-state index in [4.69, 9.17) is 0 Å². The first-order chi connectivity index (χ1) is 15.5. The van der Waals surface area contributed by atoms with Crippen LogP contribution in [0.15, 0.2) is 85.1 Å². The van der Waals surface area contributed by atoms with Gasteiger partial charge in [-0.3, -0.25) is 4.79 Å². The summed E-state index contributed by atoms with van der Waals surface area (Å²) in [4.78, 5) is 12.3. The van der Waals surface area contributed by atoms with Crippen molar-refractivity contribution < 1.29 is 13.6 Å². The molecule has 0 aliphatic carbocycles. The predicted octanol–water partition coefficient (Wildman–Crippen LogP) is 5.11. The number of halogens is 2. The number of aromatic nitrogens is 3. The van der Waals surface area contributed by atoms with E-state index in [-0.39, 0.29) is 11.3 Å². The van der Waals surface area contributed by atoms with Crippen LogP contribution in [0.3, 0.4) is 0 Å². The molecule has 0 unspecified atom stereocenters. The highest BCUT2D eigenvalue weighted by Crippen LogP contribution is 2.14. The third-order valence-corrected chi connectivity index (χ3v) is 4.73. The van der Waals surface area contributed by atoms with E-state index >= 15 is 0 Å². The maximum absolute atomic E-state index is 13.2. The molecule has 4 rings (SSSR count). The van der Waals surface area contributed by atoms with Crippen LogP contribution in [0.4, 0.5) is 14.5 Å². The molecule has 0 saturated carbocycles. The highest BCUT2D eigenvalue weighted by Gasteiger charge is 2.05. The van der Waals surface area contributed by atoms with Gasteiger partial charge < -0.3 is 5.32 Å². The van der Waals surface area contributed by atoms with E-state index in [1.54, 1.807) is 28.9 Å². The minimum Gasteiger partial charge on any atom is -0.379 e. The van der Waals surface area contributed by atoms with Gasteiger partial charge in [-0.25, -0.2) is 13.5 Å². The van der Waals surface area contributed by atoms with Crippen molar-refractivity contribution in [3.63, 3.8) is 0 Å². The van der Waals surface area contributed by atoms with E-state index in [0.717, 1.165) is 35.1 Å². The van der Waals surface area contributed by atoms with Gasteiger partial charge in [-0.2, -0.15) is 0 Å². The maximum atomic E-state index is 13.2. The van der Waals surface area contributed by atoms with Gasteiger partial charge in [0.15, 0.2) is 5.78 Å². The maximum Gasteiger partial charge on any atom is 0.185 e. The van der Waals surface area contributed by atoms with Crippen molar-refractivity contribution in [2.75, 3.05) is 5.32 Å². The van der Waals surface area contributed by atoms with Gasteiger partial charge in [0.2, 0.25) is 0 Å². The van der Waals surface area contributed by atoms with E-state index in [9.17, 15) is 13.6 Å². The Bertz CT molecular complexity index is 1210. The van der Waals surface area contributed by atoms with Crippen LogP contribution in [-0.4, -0.2) is 20.8 Å². The molecule has 1 N–H and O–H groups in total. The molecular weight excluding hydrogens is 410 g/mol. The summed E-state index contributed by atoms with van der Waals surface area (Å²) in [6, 6.07) is 20.1. The average molecular weight is 430 g/mol. The normalized spacial score (nSPS) is 11.1. The summed E-state index contributed by atoms with van der Waals surface area (Å²) in [5, 5.41) is 11.6. The zero-order valence-electron chi connectivity index (χ0n) is 17.1. The minimum absolute atomic E-state index is 0.259. The highest BCUT2D eigenvalue weighted by molar-refractivity contribution is 6.06. The fourth-order valence-electron chi connectivity index (χ4n) is 3.15. The number of nitrogens with one attached hydrogen (secondary N) is 1. The van der Waals surface area contributed by atoms with Crippen LogP contribution in [0, 0.1) is 11.6 Å². The van der Waals surface area contributed by atoms with Crippen LogP contribution in [0.5, 0.6) is 0 Å². The molecule has 0 fully saturated rings. The molecular formula is C25H20F2N4O. The largest absolute Gasteiger partial charge is 0.379 e. The monoisotopic (exact) mass is 430 g/mol. The molecule has 0 radical (unpaired) electrons. The summed E-state index contributed by atoms with van der Waals surface area (Å²) in [7, 11) is 0. The number of carbonyl (C=O) groups excluding carboxylic acids is 1. The number of benzene rings is 3. The molecule has 3 aromatic carbocycles. The molecule has 0 atom stereocenters. The van der Waals surface area contributed by atoms with Gasteiger partial charge in [0, 0.05) is 17.3 Å². The molecule has 32 heavy (non-hydrogen) atoms. The van der Waals surface area contributed by atoms with Gasteiger partial charge in [-0.05, 0) is 53.6 Å².